The summed E-state index contributed by atoms with van der Waals surface area (Å²) in [6, 6.07) is 10.0. The Kier molecular flexibility index (Phi) is 5.94. The highest BCUT2D eigenvalue weighted by molar-refractivity contribution is 6.56. The highest BCUT2D eigenvalue weighted by Gasteiger charge is 2.13. The van der Waals surface area contributed by atoms with E-state index in [1.165, 1.54) is 7.11 Å². The highest BCUT2D eigenvalue weighted by atomic mass is 35.5. The first-order valence-electron chi connectivity index (χ1n) is 6.54. The van der Waals surface area contributed by atoms with Gasteiger partial charge in [0.25, 0.3) is 0 Å². The van der Waals surface area contributed by atoms with Gasteiger partial charge in [0.15, 0.2) is 17.8 Å². The van der Waals surface area contributed by atoms with Crippen LogP contribution in [0.5, 0.6) is 11.5 Å². The van der Waals surface area contributed by atoms with Gasteiger partial charge in [-0.15, -0.1) is 0 Å². The van der Waals surface area contributed by atoms with Gasteiger partial charge in [0.05, 0.1) is 29.3 Å². The Morgan fingerprint density at radius 3 is 2.13 bits per heavy atom. The van der Waals surface area contributed by atoms with Crippen molar-refractivity contribution in [1.29, 1.82) is 0 Å². The fourth-order valence-electron chi connectivity index (χ4n) is 2.04. The molecule has 0 N–H and O–H groups in total. The van der Waals surface area contributed by atoms with Crippen LogP contribution in [-0.4, -0.2) is 20.5 Å². The van der Waals surface area contributed by atoms with Gasteiger partial charge >= 0.3 is 0 Å². The Labute approximate surface area is 149 Å². The number of halogens is 3. The molecule has 0 amide bonds. The molecular formula is C17H13Cl3O3. The molecule has 0 aliphatic rings. The molecule has 2 rings (SSSR count). The molecule has 2 aromatic carbocycles. The smallest absolute Gasteiger partial charge is 0.161 e. The molecule has 23 heavy (non-hydrogen) atoms. The number of benzene rings is 2. The maximum Gasteiger partial charge on any atom is 0.161 e. The number of methoxy groups -OCH3 is 2. The zero-order chi connectivity index (χ0) is 17.0. The van der Waals surface area contributed by atoms with E-state index in [2.05, 4.69) is 0 Å². The lowest BCUT2D eigenvalue weighted by atomic mass is 10.0. The topological polar surface area (TPSA) is 35.5 Å². The van der Waals surface area contributed by atoms with Gasteiger partial charge in [-0.2, -0.15) is 0 Å². The van der Waals surface area contributed by atoms with Crippen molar-refractivity contribution in [1.82, 2.24) is 0 Å². The third kappa shape index (κ3) is 3.81. The van der Waals surface area contributed by atoms with Gasteiger partial charge in [-0.25, -0.2) is 0 Å². The molecule has 0 aromatic heterocycles. The quantitative estimate of drug-likeness (QED) is 0.405. The zero-order valence-electron chi connectivity index (χ0n) is 12.4. The molecule has 120 valence electrons. The van der Waals surface area contributed by atoms with Crippen LogP contribution in [0.4, 0.5) is 0 Å². The molecule has 0 spiro atoms. The summed E-state index contributed by atoms with van der Waals surface area (Å²) in [6.45, 7) is 0. The normalized spacial score (nSPS) is 11.7. The van der Waals surface area contributed by atoms with Crippen molar-refractivity contribution in [2.24, 2.45) is 0 Å². The van der Waals surface area contributed by atoms with Crippen LogP contribution in [0.25, 0.3) is 10.6 Å². The van der Waals surface area contributed by atoms with Crippen LogP contribution in [0.1, 0.15) is 11.1 Å². The molecule has 0 unspecified atom stereocenters. The van der Waals surface area contributed by atoms with Crippen LogP contribution in [0.3, 0.4) is 0 Å². The molecule has 0 heterocycles. The summed E-state index contributed by atoms with van der Waals surface area (Å²) in [5, 5.41) is 1.03. The molecule has 0 saturated carbocycles. The average Bonchev–Trinajstić information content (AvgIpc) is 2.57. The van der Waals surface area contributed by atoms with Crippen LogP contribution in [0.2, 0.25) is 10.0 Å². The third-order valence-corrected chi connectivity index (χ3v) is 4.38. The molecular weight excluding hydrogens is 359 g/mol. The van der Waals surface area contributed by atoms with E-state index >= 15 is 0 Å². The number of ether oxygens (including phenoxy) is 2. The largest absolute Gasteiger partial charge is 0.493 e. The number of allylic oxidation sites excluding steroid dienone is 1. The second-order valence-corrected chi connectivity index (χ2v) is 5.74. The molecule has 2 aromatic rings. The van der Waals surface area contributed by atoms with E-state index in [1.54, 1.807) is 43.5 Å². The van der Waals surface area contributed by atoms with Gasteiger partial charge in [-0.1, -0.05) is 40.9 Å². The van der Waals surface area contributed by atoms with E-state index in [0.717, 1.165) is 0 Å². The monoisotopic (exact) mass is 370 g/mol. The van der Waals surface area contributed by atoms with Gasteiger partial charge in [0.1, 0.15) is 0 Å². The zero-order valence-corrected chi connectivity index (χ0v) is 14.7. The Bertz CT molecular complexity index is 770. The van der Waals surface area contributed by atoms with E-state index in [1.807, 2.05) is 0 Å². The second-order valence-electron chi connectivity index (χ2n) is 4.54. The Balaban J connectivity index is 2.56. The highest BCUT2D eigenvalue weighted by Crippen LogP contribution is 2.36. The molecule has 0 aliphatic heterocycles. The second kappa shape index (κ2) is 7.73. The summed E-state index contributed by atoms with van der Waals surface area (Å²) in [7, 11) is 3.07. The summed E-state index contributed by atoms with van der Waals surface area (Å²) in [6.07, 6.45) is 0.679. The molecule has 3 nitrogen and oxygen atoms in total. The molecule has 0 radical (unpaired) electrons. The van der Waals surface area contributed by atoms with Crippen LogP contribution < -0.4 is 9.47 Å². The van der Waals surface area contributed by atoms with Crippen molar-refractivity contribution in [2.45, 2.75) is 0 Å². The predicted molar refractivity (Wildman–Crippen MR) is 94.7 cm³/mol. The average molecular weight is 372 g/mol. The lowest BCUT2D eigenvalue weighted by molar-refractivity contribution is -0.103. The predicted octanol–water partition coefficient (Wildman–Crippen LogP) is 5.32. The number of hydrogen-bond donors (Lipinski definition) is 0. The van der Waals surface area contributed by atoms with E-state index in [-0.39, 0.29) is 5.03 Å². The Morgan fingerprint density at radius 2 is 1.57 bits per heavy atom. The van der Waals surface area contributed by atoms with Crippen molar-refractivity contribution in [3.8, 4) is 11.5 Å². The van der Waals surface area contributed by atoms with Gasteiger partial charge in [0, 0.05) is 5.57 Å². The van der Waals surface area contributed by atoms with Crippen molar-refractivity contribution in [3.63, 3.8) is 0 Å². The molecule has 0 atom stereocenters. The summed E-state index contributed by atoms with van der Waals surface area (Å²) in [4.78, 5) is 11.5. The molecule has 0 bridgehead atoms. The van der Waals surface area contributed by atoms with E-state index in [0.29, 0.717) is 44.5 Å². The number of carbonyl (C=O) groups excluding carboxylic acids is 1. The lowest BCUT2D eigenvalue weighted by Crippen LogP contribution is -1.94. The van der Waals surface area contributed by atoms with Crippen molar-refractivity contribution < 1.29 is 14.3 Å². The van der Waals surface area contributed by atoms with Crippen molar-refractivity contribution >= 4 is 51.7 Å². The van der Waals surface area contributed by atoms with Crippen LogP contribution in [-0.2, 0) is 4.79 Å². The molecule has 0 saturated heterocycles. The lowest BCUT2D eigenvalue weighted by Gasteiger charge is -2.11. The Morgan fingerprint density at radius 1 is 0.913 bits per heavy atom. The fourth-order valence-corrected chi connectivity index (χ4v) is 2.61. The number of aldehydes is 1. The summed E-state index contributed by atoms with van der Waals surface area (Å²) >= 11 is 18.3. The first kappa shape index (κ1) is 17.7. The molecule has 0 fully saturated rings. The Hall–Kier alpha value is -1.68. The first-order valence-corrected chi connectivity index (χ1v) is 7.68. The summed E-state index contributed by atoms with van der Waals surface area (Å²) in [5.41, 5.74) is 1.50. The maximum absolute atomic E-state index is 11.5. The number of rotatable bonds is 5. The number of carbonyl (C=O) groups is 1. The minimum Gasteiger partial charge on any atom is -0.493 e. The van der Waals surface area contributed by atoms with Crippen molar-refractivity contribution in [2.75, 3.05) is 14.2 Å². The van der Waals surface area contributed by atoms with Gasteiger partial charge < -0.3 is 9.47 Å². The van der Waals surface area contributed by atoms with E-state index < -0.39 is 0 Å². The van der Waals surface area contributed by atoms with Gasteiger partial charge in [-0.3, -0.25) is 4.79 Å². The maximum atomic E-state index is 11.5. The minimum absolute atomic E-state index is 0.277. The van der Waals surface area contributed by atoms with Crippen molar-refractivity contribution in [3.05, 3.63) is 57.6 Å². The van der Waals surface area contributed by atoms with Crippen LogP contribution in [0.15, 0.2) is 36.4 Å². The minimum atomic E-state index is 0.277. The molecule has 6 heteroatoms. The van der Waals surface area contributed by atoms with Gasteiger partial charge in [0.2, 0.25) is 0 Å². The summed E-state index contributed by atoms with van der Waals surface area (Å²) in [5.74, 6) is 1.09. The standard InChI is InChI=1S/C17H13Cl3O3/c1-22-15-6-4-11(8-16(15)23-2)17(20)12(9-21)10-3-5-13(18)14(19)7-10/h3-9H,1-2H3/b17-12-. The fraction of sp³-hybridized carbons (Fsp3) is 0.118. The van der Waals surface area contributed by atoms with E-state index in [9.17, 15) is 4.79 Å². The SMILES string of the molecule is COc1ccc(/C(Cl)=C(\C=O)c2ccc(Cl)c(Cl)c2)cc1OC. The summed E-state index contributed by atoms with van der Waals surface area (Å²) < 4.78 is 10.4. The third-order valence-electron chi connectivity index (χ3n) is 3.22. The molecule has 0 aliphatic carbocycles. The van der Waals surface area contributed by atoms with Crippen LogP contribution >= 0.6 is 34.8 Å². The van der Waals surface area contributed by atoms with Gasteiger partial charge in [-0.05, 0) is 41.5 Å². The van der Waals surface area contributed by atoms with E-state index in [4.69, 9.17) is 44.3 Å². The number of hydrogen-bond acceptors (Lipinski definition) is 3. The first-order chi connectivity index (χ1) is 11.0. The van der Waals surface area contributed by atoms with Crippen LogP contribution in [0, 0.1) is 0 Å².